The molecule has 0 N–H and O–H groups in total. The average molecular weight is 204 g/mol. The number of hydrogen-bond acceptors (Lipinski definition) is 0. The Hall–Kier alpha value is -0.780. The molecule has 15 heavy (non-hydrogen) atoms. The molecule has 0 heterocycles. The van der Waals surface area contributed by atoms with Crippen LogP contribution in [-0.2, 0) is 0 Å². The molecule has 84 valence electrons. The molecule has 1 unspecified atom stereocenters. The fraction of sp³-hybridized carbons (Fsp3) is 0.600. The maximum Gasteiger partial charge on any atom is -0.0111 e. The first-order chi connectivity index (χ1) is 6.91. The summed E-state index contributed by atoms with van der Waals surface area (Å²) >= 11 is 0. The van der Waals surface area contributed by atoms with Crippen LogP contribution >= 0.6 is 0 Å². The summed E-state index contributed by atoms with van der Waals surface area (Å²) in [4.78, 5) is 0. The fourth-order valence-corrected chi connectivity index (χ4v) is 2.15. The highest BCUT2D eigenvalue weighted by atomic mass is 14.3. The van der Waals surface area contributed by atoms with Crippen LogP contribution in [0.4, 0.5) is 0 Å². The summed E-state index contributed by atoms with van der Waals surface area (Å²) in [5.74, 6) is 1.42. The third-order valence-corrected chi connectivity index (χ3v) is 2.95. The van der Waals surface area contributed by atoms with E-state index in [0.29, 0.717) is 11.3 Å². The molecule has 1 aromatic rings. The maximum atomic E-state index is 2.34. The lowest BCUT2D eigenvalue weighted by atomic mass is 9.72. The molecule has 1 aromatic carbocycles. The van der Waals surface area contributed by atoms with Gasteiger partial charge in [0.2, 0.25) is 0 Å². The van der Waals surface area contributed by atoms with Crippen molar-refractivity contribution in [2.24, 2.45) is 11.3 Å². The Morgan fingerprint density at radius 1 is 1.00 bits per heavy atom. The summed E-state index contributed by atoms with van der Waals surface area (Å²) in [6, 6.07) is 10.9. The standard InChI is InChI=1S/C15H24/c1-12(2)11-14(15(3,4)5)13-9-7-6-8-10-13/h6-10,12,14H,11H2,1-5H3. The molecule has 0 aliphatic rings. The second-order valence-corrected chi connectivity index (χ2v) is 5.96. The average Bonchev–Trinajstić information content (AvgIpc) is 2.14. The highest BCUT2D eigenvalue weighted by molar-refractivity contribution is 5.21. The van der Waals surface area contributed by atoms with E-state index in [2.05, 4.69) is 65.0 Å². The van der Waals surface area contributed by atoms with Gasteiger partial charge in [-0.1, -0.05) is 65.0 Å². The summed E-state index contributed by atoms with van der Waals surface area (Å²) in [6.07, 6.45) is 1.27. The van der Waals surface area contributed by atoms with Crippen molar-refractivity contribution in [2.75, 3.05) is 0 Å². The molecule has 0 amide bonds. The van der Waals surface area contributed by atoms with E-state index in [9.17, 15) is 0 Å². The van der Waals surface area contributed by atoms with Crippen molar-refractivity contribution in [2.45, 2.75) is 47.0 Å². The Morgan fingerprint density at radius 2 is 1.53 bits per heavy atom. The second kappa shape index (κ2) is 4.83. The quantitative estimate of drug-likeness (QED) is 0.659. The molecule has 0 aliphatic carbocycles. The molecule has 1 rings (SSSR count). The molecule has 0 aliphatic heterocycles. The zero-order valence-corrected chi connectivity index (χ0v) is 10.7. The molecule has 0 saturated heterocycles. The van der Waals surface area contributed by atoms with Crippen LogP contribution in [0.1, 0.15) is 52.5 Å². The van der Waals surface area contributed by atoms with Gasteiger partial charge in [0.05, 0.1) is 0 Å². The van der Waals surface area contributed by atoms with Gasteiger partial charge < -0.3 is 0 Å². The van der Waals surface area contributed by atoms with Gasteiger partial charge in [0.15, 0.2) is 0 Å². The van der Waals surface area contributed by atoms with Crippen LogP contribution in [0.5, 0.6) is 0 Å². The van der Waals surface area contributed by atoms with Crippen LogP contribution in [0.15, 0.2) is 30.3 Å². The van der Waals surface area contributed by atoms with Gasteiger partial charge in [0.25, 0.3) is 0 Å². The van der Waals surface area contributed by atoms with Crippen molar-refractivity contribution in [1.29, 1.82) is 0 Å². The van der Waals surface area contributed by atoms with Crippen molar-refractivity contribution < 1.29 is 0 Å². The first kappa shape index (κ1) is 12.3. The Labute approximate surface area is 94.7 Å². The lowest BCUT2D eigenvalue weighted by molar-refractivity contribution is 0.280. The van der Waals surface area contributed by atoms with E-state index in [-0.39, 0.29) is 0 Å². The third-order valence-electron chi connectivity index (χ3n) is 2.95. The lowest BCUT2D eigenvalue weighted by Crippen LogP contribution is -2.20. The summed E-state index contributed by atoms with van der Waals surface area (Å²) in [5, 5.41) is 0. The van der Waals surface area contributed by atoms with E-state index >= 15 is 0 Å². The molecule has 0 radical (unpaired) electrons. The highest BCUT2D eigenvalue weighted by Crippen LogP contribution is 2.39. The molecule has 0 fully saturated rings. The Bertz CT molecular complexity index is 277. The molecule has 0 spiro atoms. The minimum atomic E-state index is 0.353. The monoisotopic (exact) mass is 204 g/mol. The predicted molar refractivity (Wildman–Crippen MR) is 68.1 cm³/mol. The summed E-state index contributed by atoms with van der Waals surface area (Å²) < 4.78 is 0. The highest BCUT2D eigenvalue weighted by Gasteiger charge is 2.26. The van der Waals surface area contributed by atoms with E-state index in [1.807, 2.05) is 0 Å². The van der Waals surface area contributed by atoms with Gasteiger partial charge in [-0.3, -0.25) is 0 Å². The van der Waals surface area contributed by atoms with Gasteiger partial charge in [-0.15, -0.1) is 0 Å². The van der Waals surface area contributed by atoms with E-state index < -0.39 is 0 Å². The maximum absolute atomic E-state index is 2.34. The topological polar surface area (TPSA) is 0 Å². The molecular formula is C15H24. The molecular weight excluding hydrogens is 180 g/mol. The summed E-state index contributed by atoms with van der Waals surface area (Å²) in [5.41, 5.74) is 1.84. The van der Waals surface area contributed by atoms with Crippen LogP contribution in [0.2, 0.25) is 0 Å². The largest absolute Gasteiger partial charge is 0.0628 e. The van der Waals surface area contributed by atoms with Gasteiger partial charge in [0, 0.05) is 0 Å². The van der Waals surface area contributed by atoms with E-state index in [1.54, 1.807) is 0 Å². The molecule has 0 nitrogen and oxygen atoms in total. The Kier molecular flexibility index (Phi) is 3.96. The molecule has 0 aromatic heterocycles. The second-order valence-electron chi connectivity index (χ2n) is 5.96. The SMILES string of the molecule is CC(C)CC(c1ccccc1)C(C)(C)C. The van der Waals surface area contributed by atoms with Gasteiger partial charge in [0.1, 0.15) is 0 Å². The van der Waals surface area contributed by atoms with Gasteiger partial charge >= 0.3 is 0 Å². The normalized spacial score (nSPS) is 14.3. The van der Waals surface area contributed by atoms with Gasteiger partial charge in [-0.2, -0.15) is 0 Å². The van der Waals surface area contributed by atoms with Crippen molar-refractivity contribution in [3.63, 3.8) is 0 Å². The van der Waals surface area contributed by atoms with Crippen LogP contribution in [0.3, 0.4) is 0 Å². The van der Waals surface area contributed by atoms with Gasteiger partial charge in [-0.05, 0) is 29.2 Å². The minimum Gasteiger partial charge on any atom is -0.0628 e. The third kappa shape index (κ3) is 3.70. The summed E-state index contributed by atoms with van der Waals surface area (Å²) in [6.45, 7) is 11.6. The van der Waals surface area contributed by atoms with Crippen molar-refractivity contribution in [1.82, 2.24) is 0 Å². The number of rotatable bonds is 3. The zero-order chi connectivity index (χ0) is 11.5. The van der Waals surface area contributed by atoms with E-state index in [0.717, 1.165) is 5.92 Å². The minimum absolute atomic E-state index is 0.353. The fourth-order valence-electron chi connectivity index (χ4n) is 2.15. The first-order valence-corrected chi connectivity index (χ1v) is 5.96. The van der Waals surface area contributed by atoms with Gasteiger partial charge in [-0.25, -0.2) is 0 Å². The lowest BCUT2D eigenvalue weighted by Gasteiger charge is -2.32. The van der Waals surface area contributed by atoms with Crippen molar-refractivity contribution in [3.8, 4) is 0 Å². The molecule has 0 bridgehead atoms. The molecule has 0 heteroatoms. The number of benzene rings is 1. The van der Waals surface area contributed by atoms with E-state index in [1.165, 1.54) is 12.0 Å². The number of hydrogen-bond donors (Lipinski definition) is 0. The van der Waals surface area contributed by atoms with Crippen LogP contribution in [-0.4, -0.2) is 0 Å². The van der Waals surface area contributed by atoms with Crippen LogP contribution in [0.25, 0.3) is 0 Å². The molecule has 1 atom stereocenters. The Morgan fingerprint density at radius 3 is 1.93 bits per heavy atom. The van der Waals surface area contributed by atoms with Crippen molar-refractivity contribution >= 4 is 0 Å². The van der Waals surface area contributed by atoms with Crippen LogP contribution in [0, 0.1) is 11.3 Å². The van der Waals surface area contributed by atoms with Crippen molar-refractivity contribution in [3.05, 3.63) is 35.9 Å². The van der Waals surface area contributed by atoms with Crippen LogP contribution < -0.4 is 0 Å². The first-order valence-electron chi connectivity index (χ1n) is 5.96. The van der Waals surface area contributed by atoms with E-state index in [4.69, 9.17) is 0 Å². The smallest absolute Gasteiger partial charge is 0.0111 e. The predicted octanol–water partition coefficient (Wildman–Crippen LogP) is 4.86. The Balaban J connectivity index is 2.92. The summed E-state index contributed by atoms with van der Waals surface area (Å²) in [7, 11) is 0. The molecule has 0 saturated carbocycles. The zero-order valence-electron chi connectivity index (χ0n) is 10.7.